The number of hydrogen-bond donors (Lipinski definition) is 1. The van der Waals surface area contributed by atoms with Gasteiger partial charge >= 0.3 is 0 Å². The SMILES string of the molecule is Oc1c(F)cc2c(c1F)Sc1ccccc1O2. The van der Waals surface area contributed by atoms with Gasteiger partial charge in [0.05, 0.1) is 9.79 Å². The van der Waals surface area contributed by atoms with Crippen LogP contribution in [0.4, 0.5) is 8.78 Å². The molecular weight excluding hydrogens is 246 g/mol. The first kappa shape index (κ1) is 10.4. The minimum atomic E-state index is -1.03. The van der Waals surface area contributed by atoms with Gasteiger partial charge in [-0.15, -0.1) is 0 Å². The summed E-state index contributed by atoms with van der Waals surface area (Å²) in [4.78, 5) is 0.826. The van der Waals surface area contributed by atoms with Crippen molar-refractivity contribution >= 4 is 11.8 Å². The summed E-state index contributed by atoms with van der Waals surface area (Å²) >= 11 is 1.11. The van der Waals surface area contributed by atoms with Crippen molar-refractivity contribution in [2.45, 2.75) is 9.79 Å². The van der Waals surface area contributed by atoms with E-state index >= 15 is 0 Å². The normalized spacial score (nSPS) is 12.6. The molecule has 2 nitrogen and oxygen atoms in total. The second-order valence-corrected chi connectivity index (χ2v) is 4.55. The second-order valence-electron chi connectivity index (χ2n) is 3.50. The van der Waals surface area contributed by atoms with Crippen molar-refractivity contribution in [3.8, 4) is 17.2 Å². The van der Waals surface area contributed by atoms with Crippen molar-refractivity contribution < 1.29 is 18.6 Å². The van der Waals surface area contributed by atoms with Crippen molar-refractivity contribution in [1.29, 1.82) is 0 Å². The lowest BCUT2D eigenvalue weighted by atomic mass is 10.3. The lowest BCUT2D eigenvalue weighted by molar-refractivity contribution is 0.373. The molecule has 0 saturated carbocycles. The number of ether oxygens (including phenoxy) is 1. The molecule has 5 heteroatoms. The first-order chi connectivity index (χ1) is 8.16. The number of benzene rings is 2. The van der Waals surface area contributed by atoms with Gasteiger partial charge in [0.15, 0.2) is 17.4 Å². The van der Waals surface area contributed by atoms with E-state index in [1.54, 1.807) is 24.3 Å². The molecule has 2 aromatic rings. The molecule has 1 aliphatic heterocycles. The Morgan fingerprint density at radius 2 is 1.88 bits per heavy atom. The van der Waals surface area contributed by atoms with Gasteiger partial charge in [-0.25, -0.2) is 8.78 Å². The fourth-order valence-corrected chi connectivity index (χ4v) is 2.55. The van der Waals surface area contributed by atoms with Crippen LogP contribution in [0.25, 0.3) is 0 Å². The third kappa shape index (κ3) is 1.54. The molecule has 86 valence electrons. The smallest absolute Gasteiger partial charge is 0.189 e. The molecular formula is C12H6F2O2S. The Labute approximate surface area is 99.8 Å². The van der Waals surface area contributed by atoms with Crippen LogP contribution in [0.3, 0.4) is 0 Å². The number of aromatic hydroxyl groups is 1. The van der Waals surface area contributed by atoms with Gasteiger partial charge < -0.3 is 9.84 Å². The van der Waals surface area contributed by atoms with Gasteiger partial charge in [-0.2, -0.15) is 0 Å². The number of halogens is 2. The summed E-state index contributed by atoms with van der Waals surface area (Å²) in [6.45, 7) is 0. The quantitative estimate of drug-likeness (QED) is 0.657. The maximum absolute atomic E-state index is 13.6. The molecule has 1 aliphatic rings. The summed E-state index contributed by atoms with van der Waals surface area (Å²) in [5, 5.41) is 9.19. The summed E-state index contributed by atoms with van der Waals surface area (Å²) < 4.78 is 32.2. The highest BCUT2D eigenvalue weighted by molar-refractivity contribution is 7.99. The van der Waals surface area contributed by atoms with E-state index in [-0.39, 0.29) is 10.6 Å². The Kier molecular flexibility index (Phi) is 2.22. The number of rotatable bonds is 0. The summed E-state index contributed by atoms with van der Waals surface area (Å²) in [7, 11) is 0. The zero-order valence-electron chi connectivity index (χ0n) is 8.41. The van der Waals surface area contributed by atoms with Crippen molar-refractivity contribution in [3.63, 3.8) is 0 Å². The summed E-state index contributed by atoms with van der Waals surface area (Å²) in [6.07, 6.45) is 0. The van der Waals surface area contributed by atoms with E-state index in [2.05, 4.69) is 0 Å². The standard InChI is InChI=1S/C12H6F2O2S/c13-6-5-8-12(10(14)11(6)15)17-9-4-2-1-3-7(9)16-8/h1-5,15H. The van der Waals surface area contributed by atoms with Crippen LogP contribution in [-0.2, 0) is 0 Å². The Bertz CT molecular complexity index is 614. The summed E-state index contributed by atoms with van der Waals surface area (Å²) in [5.41, 5.74) is 0. The lowest BCUT2D eigenvalue weighted by Crippen LogP contribution is -1.98. The van der Waals surface area contributed by atoms with E-state index in [0.717, 1.165) is 22.7 Å². The Hall–Kier alpha value is -1.75. The first-order valence-corrected chi connectivity index (χ1v) is 5.64. The van der Waals surface area contributed by atoms with E-state index in [1.807, 2.05) is 0 Å². The monoisotopic (exact) mass is 252 g/mol. The zero-order chi connectivity index (χ0) is 12.0. The molecule has 2 aromatic carbocycles. The number of phenols is 1. The second kappa shape index (κ2) is 3.63. The van der Waals surface area contributed by atoms with Crippen molar-refractivity contribution in [1.82, 2.24) is 0 Å². The van der Waals surface area contributed by atoms with Gasteiger partial charge in [-0.05, 0) is 12.1 Å². The van der Waals surface area contributed by atoms with Crippen LogP contribution in [0.1, 0.15) is 0 Å². The average molecular weight is 252 g/mol. The summed E-state index contributed by atoms with van der Waals surface area (Å²) in [6, 6.07) is 8.03. The predicted molar refractivity (Wildman–Crippen MR) is 58.7 cm³/mol. The molecule has 1 N–H and O–H groups in total. The van der Waals surface area contributed by atoms with Gasteiger partial charge in [0, 0.05) is 6.07 Å². The largest absolute Gasteiger partial charge is 0.503 e. The van der Waals surface area contributed by atoms with E-state index < -0.39 is 17.4 Å². The van der Waals surface area contributed by atoms with Gasteiger partial charge in [0.1, 0.15) is 11.5 Å². The molecule has 0 aromatic heterocycles. The number of fused-ring (bicyclic) bond motifs is 2. The first-order valence-electron chi connectivity index (χ1n) is 4.82. The lowest BCUT2D eigenvalue weighted by Gasteiger charge is -2.20. The predicted octanol–water partition coefficient (Wildman–Crippen LogP) is 3.93. The molecule has 0 unspecified atom stereocenters. The molecule has 0 amide bonds. The topological polar surface area (TPSA) is 29.5 Å². The van der Waals surface area contributed by atoms with Gasteiger partial charge in [0.25, 0.3) is 0 Å². The van der Waals surface area contributed by atoms with E-state index in [4.69, 9.17) is 4.74 Å². The maximum atomic E-state index is 13.6. The van der Waals surface area contributed by atoms with Gasteiger partial charge in [-0.3, -0.25) is 0 Å². The van der Waals surface area contributed by atoms with Crippen LogP contribution in [0.2, 0.25) is 0 Å². The molecule has 1 heterocycles. The van der Waals surface area contributed by atoms with Gasteiger partial charge in [0.2, 0.25) is 0 Å². The maximum Gasteiger partial charge on any atom is 0.189 e. The van der Waals surface area contributed by atoms with Crippen LogP contribution in [0.5, 0.6) is 17.2 Å². The highest BCUT2D eigenvalue weighted by Crippen LogP contribution is 2.49. The highest BCUT2D eigenvalue weighted by Gasteiger charge is 2.25. The molecule has 0 radical (unpaired) electrons. The third-order valence-corrected chi connectivity index (χ3v) is 3.54. The Balaban J connectivity index is 2.18. The fourth-order valence-electron chi connectivity index (χ4n) is 1.59. The van der Waals surface area contributed by atoms with Crippen molar-refractivity contribution in [3.05, 3.63) is 42.0 Å². The fraction of sp³-hybridized carbons (Fsp3) is 0. The minimum absolute atomic E-state index is 0.0847. The molecule has 0 atom stereocenters. The molecule has 0 fully saturated rings. The van der Waals surface area contributed by atoms with Crippen LogP contribution >= 0.6 is 11.8 Å². The molecule has 17 heavy (non-hydrogen) atoms. The van der Waals surface area contributed by atoms with Crippen LogP contribution < -0.4 is 4.74 Å². The average Bonchev–Trinajstić information content (AvgIpc) is 2.34. The molecule has 3 rings (SSSR count). The van der Waals surface area contributed by atoms with Crippen LogP contribution in [0.15, 0.2) is 40.1 Å². The van der Waals surface area contributed by atoms with Crippen LogP contribution in [-0.4, -0.2) is 5.11 Å². The summed E-state index contributed by atoms with van der Waals surface area (Å²) in [5.74, 6) is -2.35. The van der Waals surface area contributed by atoms with E-state index in [1.165, 1.54) is 0 Å². The molecule has 0 bridgehead atoms. The van der Waals surface area contributed by atoms with Crippen molar-refractivity contribution in [2.24, 2.45) is 0 Å². The Morgan fingerprint density at radius 1 is 1.12 bits per heavy atom. The van der Waals surface area contributed by atoms with E-state index in [9.17, 15) is 13.9 Å². The molecule has 0 saturated heterocycles. The van der Waals surface area contributed by atoms with E-state index in [0.29, 0.717) is 5.75 Å². The van der Waals surface area contributed by atoms with Gasteiger partial charge in [-0.1, -0.05) is 23.9 Å². The number of hydrogen-bond acceptors (Lipinski definition) is 3. The minimum Gasteiger partial charge on any atom is -0.503 e. The highest BCUT2D eigenvalue weighted by atomic mass is 32.2. The third-order valence-electron chi connectivity index (χ3n) is 2.40. The number of para-hydroxylation sites is 1. The zero-order valence-corrected chi connectivity index (χ0v) is 9.22. The Morgan fingerprint density at radius 3 is 2.71 bits per heavy atom. The number of phenolic OH excluding ortho intramolecular Hbond substituents is 1. The van der Waals surface area contributed by atoms with Crippen LogP contribution in [0, 0.1) is 11.6 Å². The molecule has 0 spiro atoms. The van der Waals surface area contributed by atoms with Crippen molar-refractivity contribution in [2.75, 3.05) is 0 Å². The molecule has 0 aliphatic carbocycles.